The number of hydrogen-bond acceptors (Lipinski definition) is 3. The van der Waals surface area contributed by atoms with Gasteiger partial charge in [-0.3, -0.25) is 0 Å². The average Bonchev–Trinajstić information content (AvgIpc) is 2.52. The molecule has 1 heterocycles. The number of rotatable bonds is 4. The quantitative estimate of drug-likeness (QED) is 0.916. The molecule has 1 N–H and O–H groups in total. The lowest BCUT2D eigenvalue weighted by Gasteiger charge is -2.32. The van der Waals surface area contributed by atoms with Gasteiger partial charge < -0.3 is 19.7 Å². The third-order valence-electron chi connectivity index (χ3n) is 3.46. The molecule has 1 aliphatic heterocycles. The van der Waals surface area contributed by atoms with Crippen LogP contribution in [0.3, 0.4) is 0 Å². The zero-order chi connectivity index (χ0) is 14.4. The lowest BCUT2D eigenvalue weighted by Crippen LogP contribution is -2.49. The summed E-state index contributed by atoms with van der Waals surface area (Å²) in [4.78, 5) is 13.9. The maximum Gasteiger partial charge on any atom is 0.317 e. The van der Waals surface area contributed by atoms with Gasteiger partial charge >= 0.3 is 6.03 Å². The Morgan fingerprint density at radius 2 is 2.40 bits per heavy atom. The van der Waals surface area contributed by atoms with Crippen LogP contribution in [0.15, 0.2) is 24.3 Å². The van der Waals surface area contributed by atoms with Crippen molar-refractivity contribution in [1.82, 2.24) is 10.2 Å². The lowest BCUT2D eigenvalue weighted by atomic mass is 10.2. The number of carbonyl (C=O) groups is 1. The summed E-state index contributed by atoms with van der Waals surface area (Å²) in [5, 5.41) is 2.94. The molecule has 0 unspecified atom stereocenters. The van der Waals surface area contributed by atoms with Gasteiger partial charge in [-0.2, -0.15) is 0 Å². The van der Waals surface area contributed by atoms with Crippen molar-refractivity contribution in [1.29, 1.82) is 0 Å². The highest BCUT2D eigenvalue weighted by Gasteiger charge is 2.22. The summed E-state index contributed by atoms with van der Waals surface area (Å²) in [6.07, 6.45) is 1.09. The van der Waals surface area contributed by atoms with E-state index in [4.69, 9.17) is 9.47 Å². The SMILES string of the molecule is CC[C@@H]1CN(C(=O)NCc2cccc(OC)c2)CCO1. The van der Waals surface area contributed by atoms with Crippen molar-refractivity contribution in [3.05, 3.63) is 29.8 Å². The summed E-state index contributed by atoms with van der Waals surface area (Å²) in [5.41, 5.74) is 1.03. The fraction of sp³-hybridized carbons (Fsp3) is 0.533. The molecule has 0 aliphatic carbocycles. The number of methoxy groups -OCH3 is 1. The minimum Gasteiger partial charge on any atom is -0.497 e. The molecule has 0 saturated carbocycles. The standard InChI is InChI=1S/C15H22N2O3/c1-3-13-11-17(7-8-20-13)15(18)16-10-12-5-4-6-14(9-12)19-2/h4-6,9,13H,3,7-8,10-11H2,1-2H3,(H,16,18)/t13-/m1/s1. The smallest absolute Gasteiger partial charge is 0.317 e. The van der Waals surface area contributed by atoms with Crippen LogP contribution in [0.5, 0.6) is 5.75 Å². The first-order chi connectivity index (χ1) is 9.72. The van der Waals surface area contributed by atoms with Gasteiger partial charge in [0.15, 0.2) is 0 Å². The van der Waals surface area contributed by atoms with E-state index < -0.39 is 0 Å². The maximum absolute atomic E-state index is 12.1. The molecule has 110 valence electrons. The van der Waals surface area contributed by atoms with Crippen molar-refractivity contribution in [2.45, 2.75) is 26.0 Å². The Balaban J connectivity index is 1.85. The highest BCUT2D eigenvalue weighted by atomic mass is 16.5. The van der Waals surface area contributed by atoms with Crippen LogP contribution in [0.1, 0.15) is 18.9 Å². The van der Waals surface area contributed by atoms with Crippen LogP contribution in [0.4, 0.5) is 4.79 Å². The number of ether oxygens (including phenoxy) is 2. The zero-order valence-corrected chi connectivity index (χ0v) is 12.1. The van der Waals surface area contributed by atoms with Crippen LogP contribution in [0.2, 0.25) is 0 Å². The molecule has 0 aromatic heterocycles. The van der Waals surface area contributed by atoms with E-state index in [1.165, 1.54) is 0 Å². The van der Waals surface area contributed by atoms with E-state index in [0.717, 1.165) is 17.7 Å². The first-order valence-electron chi connectivity index (χ1n) is 7.00. The second kappa shape index (κ2) is 7.14. The molecule has 20 heavy (non-hydrogen) atoms. The number of amides is 2. The second-order valence-electron chi connectivity index (χ2n) is 4.86. The van der Waals surface area contributed by atoms with E-state index in [0.29, 0.717) is 26.2 Å². The monoisotopic (exact) mass is 278 g/mol. The highest BCUT2D eigenvalue weighted by Crippen LogP contribution is 2.13. The molecule has 2 rings (SSSR count). The van der Waals surface area contributed by atoms with Gasteiger partial charge in [0.05, 0.1) is 19.8 Å². The van der Waals surface area contributed by atoms with Gasteiger partial charge in [-0.1, -0.05) is 19.1 Å². The Kier molecular flexibility index (Phi) is 5.24. The van der Waals surface area contributed by atoms with Crippen molar-refractivity contribution in [3.63, 3.8) is 0 Å². The van der Waals surface area contributed by atoms with Gasteiger partial charge in [0, 0.05) is 19.6 Å². The Morgan fingerprint density at radius 3 is 3.15 bits per heavy atom. The fourth-order valence-corrected chi connectivity index (χ4v) is 2.22. The molecule has 0 bridgehead atoms. The van der Waals surface area contributed by atoms with E-state index in [1.54, 1.807) is 7.11 Å². The lowest BCUT2D eigenvalue weighted by molar-refractivity contribution is -0.0154. The largest absolute Gasteiger partial charge is 0.497 e. The molecule has 1 aromatic carbocycles. The summed E-state index contributed by atoms with van der Waals surface area (Å²) in [6, 6.07) is 7.67. The molecule has 1 atom stereocenters. The molecule has 1 aromatic rings. The van der Waals surface area contributed by atoms with Crippen LogP contribution in [-0.4, -0.2) is 43.8 Å². The molecular weight excluding hydrogens is 256 g/mol. The fourth-order valence-electron chi connectivity index (χ4n) is 2.22. The third kappa shape index (κ3) is 3.87. The Labute approximate surface area is 119 Å². The molecule has 5 nitrogen and oxygen atoms in total. The van der Waals surface area contributed by atoms with E-state index in [1.807, 2.05) is 29.2 Å². The molecule has 0 spiro atoms. The van der Waals surface area contributed by atoms with Gasteiger partial charge in [0.25, 0.3) is 0 Å². The summed E-state index contributed by atoms with van der Waals surface area (Å²) in [7, 11) is 1.64. The van der Waals surface area contributed by atoms with Crippen molar-refractivity contribution < 1.29 is 14.3 Å². The molecule has 1 saturated heterocycles. The van der Waals surface area contributed by atoms with Crippen LogP contribution in [0.25, 0.3) is 0 Å². The van der Waals surface area contributed by atoms with Crippen molar-refractivity contribution >= 4 is 6.03 Å². The van der Waals surface area contributed by atoms with Gasteiger partial charge in [0.1, 0.15) is 5.75 Å². The molecule has 2 amide bonds. The number of nitrogens with one attached hydrogen (secondary N) is 1. The van der Waals surface area contributed by atoms with Gasteiger partial charge in [-0.25, -0.2) is 4.79 Å². The summed E-state index contributed by atoms with van der Waals surface area (Å²) in [5.74, 6) is 0.800. The van der Waals surface area contributed by atoms with Crippen molar-refractivity contribution in [3.8, 4) is 5.75 Å². The summed E-state index contributed by atoms with van der Waals surface area (Å²) >= 11 is 0. The third-order valence-corrected chi connectivity index (χ3v) is 3.46. The van der Waals surface area contributed by atoms with E-state index in [2.05, 4.69) is 12.2 Å². The Morgan fingerprint density at radius 1 is 1.55 bits per heavy atom. The predicted molar refractivity (Wildman–Crippen MR) is 76.8 cm³/mol. The minimum atomic E-state index is -0.0328. The molecule has 0 radical (unpaired) electrons. The minimum absolute atomic E-state index is 0.0328. The average molecular weight is 278 g/mol. The Hall–Kier alpha value is -1.75. The molecule has 5 heteroatoms. The van der Waals surface area contributed by atoms with Gasteiger partial charge in [0.2, 0.25) is 0 Å². The number of hydrogen-bond donors (Lipinski definition) is 1. The van der Waals surface area contributed by atoms with Gasteiger partial charge in [-0.05, 0) is 24.1 Å². The molecule has 1 aliphatic rings. The van der Waals surface area contributed by atoms with E-state index in [9.17, 15) is 4.79 Å². The van der Waals surface area contributed by atoms with Crippen LogP contribution < -0.4 is 10.1 Å². The number of urea groups is 1. The second-order valence-corrected chi connectivity index (χ2v) is 4.86. The topological polar surface area (TPSA) is 50.8 Å². The normalized spacial score (nSPS) is 18.7. The number of morpholine rings is 1. The van der Waals surface area contributed by atoms with Crippen LogP contribution >= 0.6 is 0 Å². The first-order valence-corrected chi connectivity index (χ1v) is 7.00. The van der Waals surface area contributed by atoms with Crippen LogP contribution in [0, 0.1) is 0 Å². The summed E-state index contributed by atoms with van der Waals surface area (Å²) < 4.78 is 10.7. The summed E-state index contributed by atoms with van der Waals surface area (Å²) in [6.45, 7) is 4.51. The highest BCUT2D eigenvalue weighted by molar-refractivity contribution is 5.74. The Bertz CT molecular complexity index is 450. The molecular formula is C15H22N2O3. The van der Waals surface area contributed by atoms with Crippen LogP contribution in [-0.2, 0) is 11.3 Å². The predicted octanol–water partition coefficient (Wildman–Crippen LogP) is 2.02. The van der Waals surface area contributed by atoms with Gasteiger partial charge in [-0.15, -0.1) is 0 Å². The molecule has 1 fully saturated rings. The number of nitrogens with zero attached hydrogens (tertiary/aromatic N) is 1. The number of benzene rings is 1. The zero-order valence-electron chi connectivity index (χ0n) is 12.1. The van der Waals surface area contributed by atoms with E-state index in [-0.39, 0.29) is 12.1 Å². The maximum atomic E-state index is 12.1. The van der Waals surface area contributed by atoms with Crippen molar-refractivity contribution in [2.75, 3.05) is 26.8 Å². The van der Waals surface area contributed by atoms with Crippen molar-refractivity contribution in [2.24, 2.45) is 0 Å². The number of carbonyl (C=O) groups excluding carboxylic acids is 1. The first kappa shape index (κ1) is 14.7. The van der Waals surface area contributed by atoms with E-state index >= 15 is 0 Å².